The predicted octanol–water partition coefficient (Wildman–Crippen LogP) is 33.0. The molecule has 0 saturated carbocycles. The van der Waals surface area contributed by atoms with Gasteiger partial charge in [-0.25, -0.2) is 4.98 Å². The second-order valence-electron chi connectivity index (χ2n) is 40.6. The van der Waals surface area contributed by atoms with E-state index in [1.54, 1.807) is 20.2 Å². The van der Waals surface area contributed by atoms with E-state index < -0.39 is 12.2 Å². The maximum absolute atomic E-state index is 9.76. The van der Waals surface area contributed by atoms with Crippen LogP contribution in [0.3, 0.4) is 0 Å². The summed E-state index contributed by atoms with van der Waals surface area (Å²) in [6.07, 6.45) is 6.67. The Morgan fingerprint density at radius 1 is 0.273 bits per heavy atom. The predicted molar refractivity (Wildman–Crippen MR) is 616 cm³/mol. The van der Waals surface area contributed by atoms with Gasteiger partial charge in [-0.1, -0.05) is 341 Å². The Labute approximate surface area is 907 Å². The van der Waals surface area contributed by atoms with Crippen molar-refractivity contribution in [1.29, 1.82) is 0 Å². The van der Waals surface area contributed by atoms with Gasteiger partial charge in [-0.3, -0.25) is 15.0 Å². The minimum Gasteiger partial charge on any atom is -0.393 e. The Hall–Kier alpha value is -15.6. The average molecular weight is 2320 g/mol. The normalized spacial score (nSPS) is 12.1. The van der Waals surface area contributed by atoms with Crippen molar-refractivity contribution < 1.29 is 60.6 Å². The SMILES string of the molecule is CC(C)(C)C(O)CC(O)C(C)(C)C.CC(C)(C)c1cc(-c2[c-]cccc2)ncn1.CC(O)CC(C)O.[Ir].[Ir].[c-]1ccccc1-c1ncc(-c2ccccc2)nc1-c1ccccc1.c1cc(-c2cncc(-c3cccc(-n4c5ccccc5c5ccccc54)c3)c2)cc(-n2c3ccccc3c3ccccc32)c1.c1ccc(-c2ccc(N(c3ccccc3)c3ccc(-c4ccc5c(c4)c4ccccc4n5-c4ccccc4)cc3)cc2)cc1. The number of rotatable bonds is 18. The molecule has 0 bridgehead atoms. The molecule has 0 aliphatic heterocycles. The summed E-state index contributed by atoms with van der Waals surface area (Å²) in [4.78, 5) is 25.2. The molecule has 23 rings (SSSR count). The number of benzene rings is 17. The maximum atomic E-state index is 9.76. The van der Waals surface area contributed by atoms with E-state index in [2.05, 4.69) is 407 Å². The van der Waals surface area contributed by atoms with Gasteiger partial charge in [0.1, 0.15) is 6.33 Å². The van der Waals surface area contributed by atoms with Crippen LogP contribution in [0.25, 0.3) is 172 Å². The average Bonchev–Trinajstić information content (AvgIpc) is 1.59. The van der Waals surface area contributed by atoms with Gasteiger partial charge >= 0.3 is 0 Å². The molecule has 6 aromatic heterocycles. The molecule has 6 heterocycles. The van der Waals surface area contributed by atoms with Gasteiger partial charge in [-0.2, -0.15) is 0 Å². The van der Waals surface area contributed by atoms with Crippen LogP contribution in [0.2, 0.25) is 0 Å². The number of fused-ring (bicyclic) bond motifs is 9. The molecule has 4 N–H and O–H groups in total. The number of para-hydroxylation sites is 7. The summed E-state index contributed by atoms with van der Waals surface area (Å²) in [5.74, 6) is 0. The molecule has 4 atom stereocenters. The van der Waals surface area contributed by atoms with Crippen LogP contribution in [0.1, 0.15) is 94.7 Å². The van der Waals surface area contributed by atoms with Crippen LogP contribution in [-0.2, 0) is 45.6 Å². The van der Waals surface area contributed by atoms with Crippen LogP contribution < -0.4 is 4.90 Å². The van der Waals surface area contributed by atoms with Gasteiger partial charge in [0.2, 0.25) is 0 Å². The van der Waals surface area contributed by atoms with Gasteiger partial charge in [0.05, 0.1) is 68.9 Å². The van der Waals surface area contributed by atoms with Crippen molar-refractivity contribution in [3.8, 4) is 107 Å². The first-order valence-electron chi connectivity index (χ1n) is 50.6. The number of hydrogen-bond acceptors (Lipinski definition) is 10. The molecule has 23 aromatic rings. The molecule has 2 radical (unpaired) electrons. The topological polar surface area (TPSA) is 163 Å². The fourth-order valence-corrected chi connectivity index (χ4v) is 18.6. The third-order valence-corrected chi connectivity index (χ3v) is 26.6. The third kappa shape index (κ3) is 25.5. The molecule has 0 fully saturated rings. The van der Waals surface area contributed by atoms with E-state index in [1.165, 1.54) is 93.4 Å². The van der Waals surface area contributed by atoms with Gasteiger partial charge in [0, 0.05) is 165 Å². The number of pyridine rings is 1. The van der Waals surface area contributed by atoms with Crippen molar-refractivity contribution in [3.05, 3.63) is 492 Å². The molecule has 15 heteroatoms. The first-order valence-corrected chi connectivity index (χ1v) is 50.6. The van der Waals surface area contributed by atoms with E-state index in [1.807, 2.05) is 163 Å². The number of aliphatic hydroxyl groups excluding tert-OH is 4. The molecule has 4 unspecified atom stereocenters. The van der Waals surface area contributed by atoms with Gasteiger partial charge < -0.3 is 44.0 Å². The Bertz CT molecular complexity index is 8060. The third-order valence-electron chi connectivity index (χ3n) is 26.6. The number of nitrogens with zero attached hydrogens (tertiary/aromatic N) is 9. The quantitative estimate of drug-likeness (QED) is 0.0608. The smallest absolute Gasteiger partial charge is 0.105 e. The van der Waals surface area contributed by atoms with Crippen molar-refractivity contribution in [2.75, 3.05) is 4.90 Å². The molecular weight excluding hydrogens is 2200 g/mol. The monoisotopic (exact) mass is 2320 g/mol. The van der Waals surface area contributed by atoms with Gasteiger partial charge in [0.25, 0.3) is 0 Å². The molecular formula is C135H123Ir2N9O4-2. The van der Waals surface area contributed by atoms with Crippen LogP contribution in [-0.4, -0.2) is 83.5 Å². The summed E-state index contributed by atoms with van der Waals surface area (Å²) < 4.78 is 7.08. The van der Waals surface area contributed by atoms with E-state index >= 15 is 0 Å². The standard InChI is InChI=1S/C42H30N2.C41H27N3.C22H15N2.C14H15N2.C11H24O2.C5H12O2.2Ir/c1-4-12-31(13-5-1)32-20-25-37(26-21-32)43(35-14-6-2-7-15-35)38-27-22-33(23-28-38)34-24-29-42-40(30-34)39-18-10-11-19-41(39)44(42)36-16-8-3-9-17-36;1-5-19-38-34(15-1)35-16-2-6-20-39(35)43(38)32-13-9-11-28(24-32)30-23-31(27-42-26-30)29-12-10-14-33(25-29)44-40-21-7-3-17-36(40)37-18-4-8-22-41(37)44;1-4-10-17(11-5-1)20-16-23-21(18-12-6-2-7-13-18)22(24-20)19-14-8-3-9-15-19;1-14(2,3)13-9-12(15-10-16-13)11-7-5-4-6-8-11;1-10(2,3)8(12)7-9(13)11(4,5)6;1-4(6)3-5(2)7;;/h1-30H;1-27H;1-12,14-16H;4-7,9-10H,1-3H3;8-9,12-13H,7H2,1-6H3;4-7H,3H2,1-2H3;;/q;;2*-1;;;;. The zero-order valence-corrected chi connectivity index (χ0v) is 91.0. The van der Waals surface area contributed by atoms with E-state index in [-0.39, 0.29) is 68.7 Å². The molecule has 150 heavy (non-hydrogen) atoms. The van der Waals surface area contributed by atoms with Gasteiger partial charge in [0.15, 0.2) is 0 Å². The van der Waals surface area contributed by atoms with Crippen molar-refractivity contribution in [1.82, 2.24) is 38.6 Å². The zero-order valence-electron chi connectivity index (χ0n) is 86.2. The van der Waals surface area contributed by atoms with E-state index in [0.717, 1.165) is 101 Å². The molecule has 0 amide bonds. The van der Waals surface area contributed by atoms with Crippen molar-refractivity contribution in [3.63, 3.8) is 0 Å². The Morgan fingerprint density at radius 3 is 1.06 bits per heavy atom. The second kappa shape index (κ2) is 49.0. The van der Waals surface area contributed by atoms with E-state index in [4.69, 9.17) is 25.2 Å². The van der Waals surface area contributed by atoms with Crippen molar-refractivity contribution >= 4 is 82.5 Å². The molecule has 17 aromatic carbocycles. The van der Waals surface area contributed by atoms with Crippen LogP contribution in [0, 0.1) is 23.0 Å². The molecule has 0 saturated heterocycles. The molecule has 13 nitrogen and oxygen atoms in total. The molecule has 0 aliphatic rings. The van der Waals surface area contributed by atoms with E-state index in [0.29, 0.717) is 12.8 Å². The first kappa shape index (κ1) is 107. The largest absolute Gasteiger partial charge is 0.393 e. The number of aromatic nitrogens is 8. The summed E-state index contributed by atoms with van der Waals surface area (Å²) in [6.45, 7) is 21.6. The van der Waals surface area contributed by atoms with Gasteiger partial charge in [-0.15, -0.1) is 71.8 Å². The van der Waals surface area contributed by atoms with Crippen LogP contribution in [0.15, 0.2) is 474 Å². The summed E-state index contributed by atoms with van der Waals surface area (Å²) in [7, 11) is 0. The molecule has 0 aliphatic carbocycles. The summed E-state index contributed by atoms with van der Waals surface area (Å²) >= 11 is 0. The zero-order chi connectivity index (χ0) is 103. The summed E-state index contributed by atoms with van der Waals surface area (Å²) in [5.41, 5.74) is 31.8. The first-order chi connectivity index (χ1) is 71.8. The fourth-order valence-electron chi connectivity index (χ4n) is 18.6. The maximum Gasteiger partial charge on any atom is 0.105 e. The fraction of sp³-hybridized carbons (Fsp3) is 0.148. The molecule has 0 spiro atoms. The number of aliphatic hydroxyl groups is 4. The summed E-state index contributed by atoms with van der Waals surface area (Å²) in [6, 6.07) is 164. The van der Waals surface area contributed by atoms with Gasteiger partial charge in [-0.05, 0) is 197 Å². The van der Waals surface area contributed by atoms with Crippen LogP contribution in [0.5, 0.6) is 0 Å². The Morgan fingerprint density at radius 2 is 0.627 bits per heavy atom. The minimum absolute atomic E-state index is 0. The number of hydrogen-bond donors (Lipinski definition) is 4. The van der Waals surface area contributed by atoms with E-state index in [9.17, 15) is 10.2 Å². The molecule has 752 valence electrons. The van der Waals surface area contributed by atoms with Crippen molar-refractivity contribution in [2.45, 2.75) is 119 Å². The second-order valence-corrected chi connectivity index (χ2v) is 40.6. The van der Waals surface area contributed by atoms with Crippen molar-refractivity contribution in [2.24, 2.45) is 10.8 Å². The Balaban J connectivity index is 0.000000140. The van der Waals surface area contributed by atoms with Crippen LogP contribution >= 0.6 is 0 Å². The summed E-state index contributed by atoms with van der Waals surface area (Å²) in [5, 5.41) is 44.2. The number of anilines is 3. The van der Waals surface area contributed by atoms with Crippen LogP contribution in [0.4, 0.5) is 17.1 Å². The Kier molecular flexibility index (Phi) is 35.0. The minimum atomic E-state index is -0.443.